The average molecular weight is 162 g/mol. The molecule has 0 aliphatic heterocycles. The van der Waals surface area contributed by atoms with Crippen LogP contribution in [0.25, 0.3) is 0 Å². The third kappa shape index (κ3) is 1.14. The fraction of sp³-hybridized carbons (Fsp3) is 0.667. The molecule has 0 heterocycles. The molecule has 0 aromatic carbocycles. The maximum atomic E-state index is 2.43. The summed E-state index contributed by atoms with van der Waals surface area (Å²) in [5.74, 6) is 0. The van der Waals surface area contributed by atoms with E-state index in [9.17, 15) is 0 Å². The zero-order chi connectivity index (χ0) is 8.44. The van der Waals surface area contributed by atoms with Gasteiger partial charge in [-0.25, -0.2) is 0 Å². The van der Waals surface area contributed by atoms with Crippen molar-refractivity contribution in [1.82, 2.24) is 0 Å². The smallest absolute Gasteiger partial charge is 0.00527 e. The van der Waals surface area contributed by atoms with Gasteiger partial charge in [0.1, 0.15) is 0 Å². The molecule has 2 aliphatic rings. The number of allylic oxidation sites excluding steroid dienone is 4. The molecule has 12 heavy (non-hydrogen) atoms. The summed E-state index contributed by atoms with van der Waals surface area (Å²) in [6.45, 7) is 2.35. The first kappa shape index (κ1) is 8.10. The monoisotopic (exact) mass is 162 g/mol. The highest BCUT2D eigenvalue weighted by Gasteiger charge is 2.34. The lowest BCUT2D eigenvalue weighted by Gasteiger charge is -2.28. The second-order valence-corrected chi connectivity index (χ2v) is 4.14. The van der Waals surface area contributed by atoms with E-state index in [0.29, 0.717) is 5.41 Å². The van der Waals surface area contributed by atoms with E-state index >= 15 is 0 Å². The highest BCUT2D eigenvalue weighted by atomic mass is 14.4. The molecule has 0 radical (unpaired) electrons. The van der Waals surface area contributed by atoms with Crippen molar-refractivity contribution in [3.63, 3.8) is 0 Å². The molecule has 0 spiro atoms. The van der Waals surface area contributed by atoms with Crippen molar-refractivity contribution in [3.8, 4) is 0 Å². The zero-order valence-electron chi connectivity index (χ0n) is 7.97. The van der Waals surface area contributed by atoms with E-state index in [-0.39, 0.29) is 0 Å². The lowest BCUT2D eigenvalue weighted by Crippen LogP contribution is -2.16. The van der Waals surface area contributed by atoms with Crippen LogP contribution in [0.4, 0.5) is 0 Å². The minimum atomic E-state index is 0.590. The van der Waals surface area contributed by atoms with Gasteiger partial charge in [-0.05, 0) is 36.7 Å². The van der Waals surface area contributed by atoms with Crippen molar-refractivity contribution in [2.75, 3.05) is 0 Å². The summed E-state index contributed by atoms with van der Waals surface area (Å²) in [6, 6.07) is 0. The maximum absolute atomic E-state index is 2.43. The van der Waals surface area contributed by atoms with Gasteiger partial charge in [0.05, 0.1) is 0 Å². The van der Waals surface area contributed by atoms with E-state index in [2.05, 4.69) is 25.2 Å². The van der Waals surface area contributed by atoms with Gasteiger partial charge in [0.15, 0.2) is 0 Å². The molecular weight excluding hydrogens is 144 g/mol. The molecule has 0 nitrogen and oxygen atoms in total. The van der Waals surface area contributed by atoms with Crippen LogP contribution in [0.5, 0.6) is 0 Å². The van der Waals surface area contributed by atoms with Crippen molar-refractivity contribution in [1.29, 1.82) is 0 Å². The fourth-order valence-electron chi connectivity index (χ4n) is 2.75. The Labute approximate surface area is 75.4 Å². The summed E-state index contributed by atoms with van der Waals surface area (Å²) < 4.78 is 0. The Morgan fingerprint density at radius 3 is 2.58 bits per heavy atom. The Kier molecular flexibility index (Phi) is 2.08. The molecule has 2 aliphatic carbocycles. The Bertz CT molecular complexity index is 214. The van der Waals surface area contributed by atoms with Crippen molar-refractivity contribution < 1.29 is 0 Å². The second-order valence-electron chi connectivity index (χ2n) is 4.14. The Morgan fingerprint density at radius 1 is 1.33 bits per heavy atom. The van der Waals surface area contributed by atoms with Gasteiger partial charge in [-0.1, -0.05) is 38.0 Å². The quantitative estimate of drug-likeness (QED) is 0.578. The first-order valence-electron chi connectivity index (χ1n) is 5.24. The van der Waals surface area contributed by atoms with Crippen molar-refractivity contribution in [2.45, 2.75) is 45.4 Å². The van der Waals surface area contributed by atoms with E-state index in [1.807, 2.05) is 0 Å². The van der Waals surface area contributed by atoms with Crippen LogP contribution in [0.15, 0.2) is 23.8 Å². The van der Waals surface area contributed by atoms with Crippen LogP contribution in [-0.4, -0.2) is 0 Å². The molecule has 0 N–H and O–H groups in total. The minimum absolute atomic E-state index is 0.590. The summed E-state index contributed by atoms with van der Waals surface area (Å²) in [7, 11) is 0. The highest BCUT2D eigenvalue weighted by molar-refractivity contribution is 5.33. The number of hydrogen-bond donors (Lipinski definition) is 0. The van der Waals surface area contributed by atoms with E-state index < -0.39 is 0 Å². The van der Waals surface area contributed by atoms with Crippen molar-refractivity contribution in [3.05, 3.63) is 23.8 Å². The molecule has 66 valence electrons. The first-order valence-corrected chi connectivity index (χ1v) is 5.24. The van der Waals surface area contributed by atoms with Crippen molar-refractivity contribution >= 4 is 0 Å². The van der Waals surface area contributed by atoms with Crippen LogP contribution in [0.1, 0.15) is 45.4 Å². The summed E-state index contributed by atoms with van der Waals surface area (Å²) >= 11 is 0. The van der Waals surface area contributed by atoms with Gasteiger partial charge < -0.3 is 0 Å². The van der Waals surface area contributed by atoms with Gasteiger partial charge in [0.25, 0.3) is 0 Å². The topological polar surface area (TPSA) is 0 Å². The largest absolute Gasteiger partial charge is 0.0804 e. The average Bonchev–Trinajstić information content (AvgIpc) is 2.76. The molecule has 2 rings (SSSR count). The van der Waals surface area contributed by atoms with E-state index in [0.717, 1.165) is 0 Å². The molecule has 0 saturated heterocycles. The lowest BCUT2D eigenvalue weighted by molar-refractivity contribution is 0.362. The molecule has 0 atom stereocenters. The predicted molar refractivity (Wildman–Crippen MR) is 53.0 cm³/mol. The Balaban J connectivity index is 2.21. The van der Waals surface area contributed by atoms with Gasteiger partial charge in [-0.3, -0.25) is 0 Å². The third-order valence-corrected chi connectivity index (χ3v) is 3.62. The number of hydrogen-bond acceptors (Lipinski definition) is 0. The van der Waals surface area contributed by atoms with Crippen LogP contribution < -0.4 is 0 Å². The summed E-state index contributed by atoms with van der Waals surface area (Å²) in [4.78, 5) is 0. The summed E-state index contributed by atoms with van der Waals surface area (Å²) in [6.07, 6.45) is 15.3. The maximum Gasteiger partial charge on any atom is -0.00527 e. The van der Waals surface area contributed by atoms with Gasteiger partial charge in [-0.2, -0.15) is 0 Å². The van der Waals surface area contributed by atoms with Crippen LogP contribution >= 0.6 is 0 Å². The Hall–Kier alpha value is -0.520. The van der Waals surface area contributed by atoms with E-state index in [1.54, 1.807) is 5.57 Å². The second kappa shape index (κ2) is 3.08. The van der Waals surface area contributed by atoms with Crippen LogP contribution in [-0.2, 0) is 0 Å². The Morgan fingerprint density at radius 2 is 2.08 bits per heavy atom. The van der Waals surface area contributed by atoms with Gasteiger partial charge in [-0.15, -0.1) is 0 Å². The summed E-state index contributed by atoms with van der Waals surface area (Å²) in [5.41, 5.74) is 2.23. The molecule has 0 aromatic rings. The first-order chi connectivity index (χ1) is 5.87. The SMILES string of the molecule is CCC1(C2=CCC=C2)CCCC1. The molecule has 0 bridgehead atoms. The molecular formula is C12H18. The fourth-order valence-corrected chi connectivity index (χ4v) is 2.75. The van der Waals surface area contributed by atoms with Gasteiger partial charge in [0.2, 0.25) is 0 Å². The van der Waals surface area contributed by atoms with Crippen LogP contribution in [0.2, 0.25) is 0 Å². The number of rotatable bonds is 2. The minimum Gasteiger partial charge on any atom is -0.0804 e. The molecule has 1 fully saturated rings. The molecule has 0 amide bonds. The van der Waals surface area contributed by atoms with Crippen molar-refractivity contribution in [2.24, 2.45) is 5.41 Å². The van der Waals surface area contributed by atoms with Gasteiger partial charge >= 0.3 is 0 Å². The van der Waals surface area contributed by atoms with Crippen LogP contribution in [0.3, 0.4) is 0 Å². The standard InChI is InChI=1S/C12H18/c1-2-12(9-5-6-10-12)11-7-3-4-8-11/h3,7-8H,2,4-6,9-10H2,1H3. The zero-order valence-corrected chi connectivity index (χ0v) is 7.97. The van der Waals surface area contributed by atoms with E-state index in [4.69, 9.17) is 0 Å². The molecule has 0 heteroatoms. The van der Waals surface area contributed by atoms with Crippen LogP contribution in [0, 0.1) is 5.41 Å². The third-order valence-electron chi connectivity index (χ3n) is 3.62. The van der Waals surface area contributed by atoms with Gasteiger partial charge in [0, 0.05) is 0 Å². The molecule has 0 aromatic heterocycles. The lowest BCUT2D eigenvalue weighted by atomic mass is 9.76. The van der Waals surface area contributed by atoms with E-state index in [1.165, 1.54) is 38.5 Å². The predicted octanol–water partition coefficient (Wildman–Crippen LogP) is 3.84. The molecule has 1 saturated carbocycles. The normalized spacial score (nSPS) is 26.2. The molecule has 0 unspecified atom stereocenters. The highest BCUT2D eigenvalue weighted by Crippen LogP contribution is 2.48. The summed E-state index contributed by atoms with van der Waals surface area (Å²) in [5, 5.41) is 0.